The van der Waals surface area contributed by atoms with Crippen LogP contribution in [0.15, 0.2) is 0 Å². The van der Waals surface area contributed by atoms with Crippen molar-refractivity contribution in [1.29, 1.82) is 0 Å². The number of carbonyl (C=O) groups is 2. The second kappa shape index (κ2) is 8.23. The summed E-state index contributed by atoms with van der Waals surface area (Å²) < 4.78 is 4.76. The van der Waals surface area contributed by atoms with Gasteiger partial charge in [-0.15, -0.1) is 0 Å². The zero-order valence-electron chi connectivity index (χ0n) is 9.41. The van der Waals surface area contributed by atoms with Gasteiger partial charge in [-0.2, -0.15) is 0 Å². The van der Waals surface area contributed by atoms with Gasteiger partial charge < -0.3 is 15.8 Å². The molecule has 0 aromatic carbocycles. The average molecular weight is 216 g/mol. The van der Waals surface area contributed by atoms with Gasteiger partial charge in [0.2, 0.25) is 5.91 Å². The first-order valence-electron chi connectivity index (χ1n) is 5.27. The number of hydrogen-bond donors (Lipinski definition) is 2. The molecule has 88 valence electrons. The van der Waals surface area contributed by atoms with E-state index in [9.17, 15) is 9.59 Å². The molecule has 5 heteroatoms. The highest BCUT2D eigenvalue weighted by Gasteiger charge is 2.15. The van der Waals surface area contributed by atoms with Crippen LogP contribution in [0.2, 0.25) is 0 Å². The lowest BCUT2D eigenvalue weighted by molar-refractivity contribution is -0.146. The highest BCUT2D eigenvalue weighted by atomic mass is 16.5. The van der Waals surface area contributed by atoms with E-state index in [1.165, 1.54) is 0 Å². The number of hydrogen-bond acceptors (Lipinski definition) is 4. The van der Waals surface area contributed by atoms with Crippen LogP contribution < -0.4 is 11.1 Å². The first kappa shape index (κ1) is 13.9. The van der Waals surface area contributed by atoms with Crippen molar-refractivity contribution in [3.05, 3.63) is 0 Å². The van der Waals surface area contributed by atoms with E-state index in [0.29, 0.717) is 19.6 Å². The molecule has 0 aliphatic carbocycles. The van der Waals surface area contributed by atoms with Gasteiger partial charge in [0.15, 0.2) is 0 Å². The molecule has 0 heterocycles. The Morgan fingerprint density at radius 2 is 2.07 bits per heavy atom. The van der Waals surface area contributed by atoms with Crippen molar-refractivity contribution in [2.45, 2.75) is 39.2 Å². The van der Waals surface area contributed by atoms with Crippen molar-refractivity contribution in [3.8, 4) is 0 Å². The van der Waals surface area contributed by atoms with E-state index in [2.05, 4.69) is 5.32 Å². The third-order valence-corrected chi connectivity index (χ3v) is 1.88. The molecule has 0 radical (unpaired) electrons. The minimum atomic E-state index is -0.574. The highest BCUT2D eigenvalue weighted by Crippen LogP contribution is 1.95. The summed E-state index contributed by atoms with van der Waals surface area (Å²) in [6, 6.07) is -0.574. The molecule has 5 nitrogen and oxygen atoms in total. The van der Waals surface area contributed by atoms with Crippen LogP contribution in [0.5, 0.6) is 0 Å². The Balaban J connectivity index is 3.70. The summed E-state index contributed by atoms with van der Waals surface area (Å²) in [7, 11) is 0. The van der Waals surface area contributed by atoms with Gasteiger partial charge in [0, 0.05) is 6.42 Å². The lowest BCUT2D eigenvalue weighted by atomic mass is 10.2. The molecule has 1 amide bonds. The van der Waals surface area contributed by atoms with Gasteiger partial charge in [0.1, 0.15) is 6.04 Å². The van der Waals surface area contributed by atoms with E-state index in [1.54, 1.807) is 13.8 Å². The maximum absolute atomic E-state index is 11.3. The number of nitrogens with two attached hydrogens (primary N) is 1. The topological polar surface area (TPSA) is 81.4 Å². The molecule has 0 spiro atoms. The Kier molecular flexibility index (Phi) is 7.62. The largest absolute Gasteiger partial charge is 0.464 e. The zero-order chi connectivity index (χ0) is 11.7. The number of rotatable bonds is 7. The minimum absolute atomic E-state index is 0.135. The Labute approximate surface area is 90.4 Å². The van der Waals surface area contributed by atoms with Gasteiger partial charge in [0.05, 0.1) is 6.61 Å². The molecular formula is C10H20N2O3. The fourth-order valence-electron chi connectivity index (χ4n) is 1.07. The smallest absolute Gasteiger partial charge is 0.328 e. The van der Waals surface area contributed by atoms with Crippen molar-refractivity contribution >= 4 is 11.9 Å². The van der Waals surface area contributed by atoms with Crippen molar-refractivity contribution in [2.24, 2.45) is 5.73 Å². The van der Waals surface area contributed by atoms with Crippen molar-refractivity contribution < 1.29 is 14.3 Å². The maximum Gasteiger partial charge on any atom is 0.328 e. The molecule has 0 aliphatic heterocycles. The zero-order valence-corrected chi connectivity index (χ0v) is 9.41. The fourth-order valence-corrected chi connectivity index (χ4v) is 1.07. The normalized spacial score (nSPS) is 11.9. The van der Waals surface area contributed by atoms with Gasteiger partial charge in [-0.25, -0.2) is 4.79 Å². The molecule has 3 N–H and O–H groups in total. The monoisotopic (exact) mass is 216 g/mol. The number of esters is 1. The van der Waals surface area contributed by atoms with Gasteiger partial charge in [-0.1, -0.05) is 0 Å². The number of carbonyl (C=O) groups excluding carboxylic acids is 2. The molecule has 0 fully saturated rings. The number of amides is 1. The second-order valence-corrected chi connectivity index (χ2v) is 3.29. The van der Waals surface area contributed by atoms with Crippen molar-refractivity contribution in [3.63, 3.8) is 0 Å². The number of unbranched alkanes of at least 4 members (excludes halogenated alkanes) is 1. The SMILES string of the molecule is CCOC(=O)C(C)NC(=O)CCCCN. The Hall–Kier alpha value is -1.10. The van der Waals surface area contributed by atoms with E-state index >= 15 is 0 Å². The van der Waals surface area contributed by atoms with Crippen LogP contribution in [-0.4, -0.2) is 31.1 Å². The van der Waals surface area contributed by atoms with Crippen LogP contribution in [0.3, 0.4) is 0 Å². The molecule has 15 heavy (non-hydrogen) atoms. The summed E-state index contributed by atoms with van der Waals surface area (Å²) in [6.07, 6.45) is 1.97. The molecule has 0 saturated carbocycles. The standard InChI is InChI=1S/C10H20N2O3/c1-3-15-10(14)8(2)12-9(13)6-4-5-7-11/h8H,3-7,11H2,1-2H3,(H,12,13). The lowest BCUT2D eigenvalue weighted by Gasteiger charge is -2.12. The second-order valence-electron chi connectivity index (χ2n) is 3.29. The van der Waals surface area contributed by atoms with Crippen LogP contribution in [0, 0.1) is 0 Å². The predicted molar refractivity (Wildman–Crippen MR) is 57.1 cm³/mol. The minimum Gasteiger partial charge on any atom is -0.464 e. The molecule has 0 saturated heterocycles. The molecule has 0 aromatic rings. The third-order valence-electron chi connectivity index (χ3n) is 1.88. The number of nitrogens with one attached hydrogen (secondary N) is 1. The van der Waals surface area contributed by atoms with Crippen LogP contribution in [0.25, 0.3) is 0 Å². The Morgan fingerprint density at radius 1 is 1.40 bits per heavy atom. The average Bonchev–Trinajstić information content (AvgIpc) is 2.18. The maximum atomic E-state index is 11.3. The van der Waals surface area contributed by atoms with Crippen molar-refractivity contribution in [2.75, 3.05) is 13.2 Å². The highest BCUT2D eigenvalue weighted by molar-refractivity contribution is 5.84. The van der Waals surface area contributed by atoms with Crippen LogP contribution in [0.1, 0.15) is 33.1 Å². The van der Waals surface area contributed by atoms with Gasteiger partial charge >= 0.3 is 5.97 Å². The van der Waals surface area contributed by atoms with Gasteiger partial charge in [-0.05, 0) is 33.2 Å². The molecule has 1 atom stereocenters. The van der Waals surface area contributed by atoms with Crippen LogP contribution in [0.4, 0.5) is 0 Å². The first-order chi connectivity index (χ1) is 7.11. The molecule has 0 bridgehead atoms. The lowest BCUT2D eigenvalue weighted by Crippen LogP contribution is -2.39. The predicted octanol–water partition coefficient (Wildman–Crippen LogP) is 0.183. The Morgan fingerprint density at radius 3 is 2.60 bits per heavy atom. The summed E-state index contributed by atoms with van der Waals surface area (Å²) in [5.41, 5.74) is 5.30. The summed E-state index contributed by atoms with van der Waals surface area (Å²) >= 11 is 0. The molecule has 0 aliphatic rings. The van der Waals surface area contributed by atoms with E-state index in [0.717, 1.165) is 12.8 Å². The first-order valence-corrected chi connectivity index (χ1v) is 5.27. The van der Waals surface area contributed by atoms with Crippen LogP contribution >= 0.6 is 0 Å². The van der Waals surface area contributed by atoms with E-state index < -0.39 is 12.0 Å². The molecule has 0 aromatic heterocycles. The fraction of sp³-hybridized carbons (Fsp3) is 0.800. The summed E-state index contributed by atoms with van der Waals surface area (Å²) in [4.78, 5) is 22.4. The Bertz CT molecular complexity index is 207. The van der Waals surface area contributed by atoms with Gasteiger partial charge in [0.25, 0.3) is 0 Å². The van der Waals surface area contributed by atoms with Crippen molar-refractivity contribution in [1.82, 2.24) is 5.32 Å². The third kappa shape index (κ3) is 6.90. The molecule has 1 unspecified atom stereocenters. The van der Waals surface area contributed by atoms with Crippen LogP contribution in [-0.2, 0) is 14.3 Å². The summed E-state index contributed by atoms with van der Waals surface area (Å²) in [5, 5.41) is 2.57. The van der Waals surface area contributed by atoms with Gasteiger partial charge in [-0.3, -0.25) is 4.79 Å². The van der Waals surface area contributed by atoms with E-state index in [4.69, 9.17) is 10.5 Å². The molecular weight excluding hydrogens is 196 g/mol. The van der Waals surface area contributed by atoms with E-state index in [1.807, 2.05) is 0 Å². The molecule has 0 rings (SSSR count). The number of ether oxygens (including phenoxy) is 1. The quantitative estimate of drug-likeness (QED) is 0.470. The van der Waals surface area contributed by atoms with E-state index in [-0.39, 0.29) is 5.91 Å². The summed E-state index contributed by atoms with van der Waals surface area (Å²) in [5.74, 6) is -0.534. The summed E-state index contributed by atoms with van der Waals surface area (Å²) in [6.45, 7) is 4.25.